The van der Waals surface area contributed by atoms with Crippen LogP contribution in [0.1, 0.15) is 63.3 Å². The standard InChI is InChI=1S/C19H34N2/c1-8-10-20-18(14-21(7)19(5,6)9-2)17-12-15(3)11-16(4)13-17/h11-13,18,20H,8-10,14H2,1-7H3. The van der Waals surface area contributed by atoms with Crippen LogP contribution in [-0.2, 0) is 0 Å². The zero-order valence-electron chi connectivity index (χ0n) is 15.1. The van der Waals surface area contributed by atoms with Crippen LogP contribution in [-0.4, -0.2) is 30.6 Å². The summed E-state index contributed by atoms with van der Waals surface area (Å²) in [6, 6.07) is 7.31. The first-order chi connectivity index (χ1) is 9.80. The molecule has 21 heavy (non-hydrogen) atoms. The molecule has 2 nitrogen and oxygen atoms in total. The van der Waals surface area contributed by atoms with Crippen LogP contribution in [0.3, 0.4) is 0 Å². The minimum Gasteiger partial charge on any atom is -0.309 e. The lowest BCUT2D eigenvalue weighted by atomic mass is 9.96. The Balaban J connectivity index is 2.94. The van der Waals surface area contributed by atoms with E-state index in [2.05, 4.69) is 77.0 Å². The molecule has 1 unspecified atom stereocenters. The van der Waals surface area contributed by atoms with Crippen molar-refractivity contribution in [3.8, 4) is 0 Å². The second-order valence-corrected chi connectivity index (χ2v) is 6.97. The Morgan fingerprint density at radius 3 is 2.14 bits per heavy atom. The highest BCUT2D eigenvalue weighted by molar-refractivity contribution is 5.31. The van der Waals surface area contributed by atoms with Crippen LogP contribution in [0, 0.1) is 13.8 Å². The highest BCUT2D eigenvalue weighted by Gasteiger charge is 2.24. The van der Waals surface area contributed by atoms with Gasteiger partial charge in [0.25, 0.3) is 0 Å². The minimum absolute atomic E-state index is 0.241. The molecule has 0 aliphatic heterocycles. The van der Waals surface area contributed by atoms with E-state index < -0.39 is 0 Å². The van der Waals surface area contributed by atoms with Crippen molar-refractivity contribution >= 4 is 0 Å². The third kappa shape index (κ3) is 5.44. The summed E-state index contributed by atoms with van der Waals surface area (Å²) in [7, 11) is 2.24. The lowest BCUT2D eigenvalue weighted by Crippen LogP contribution is -2.45. The highest BCUT2D eigenvalue weighted by Crippen LogP contribution is 2.23. The van der Waals surface area contributed by atoms with Crippen molar-refractivity contribution in [2.75, 3.05) is 20.1 Å². The summed E-state index contributed by atoms with van der Waals surface area (Å²) in [5, 5.41) is 3.73. The van der Waals surface area contributed by atoms with E-state index in [1.165, 1.54) is 23.1 Å². The van der Waals surface area contributed by atoms with Crippen LogP contribution >= 0.6 is 0 Å². The van der Waals surface area contributed by atoms with Gasteiger partial charge in [-0.05, 0) is 59.7 Å². The van der Waals surface area contributed by atoms with Gasteiger partial charge in [0.2, 0.25) is 0 Å². The first-order valence-corrected chi connectivity index (χ1v) is 8.33. The van der Waals surface area contributed by atoms with Crippen molar-refractivity contribution in [1.29, 1.82) is 0 Å². The van der Waals surface area contributed by atoms with E-state index in [9.17, 15) is 0 Å². The third-order valence-corrected chi connectivity index (χ3v) is 4.64. The van der Waals surface area contributed by atoms with Gasteiger partial charge in [-0.25, -0.2) is 0 Å². The normalized spacial score (nSPS) is 13.7. The fraction of sp³-hybridized carbons (Fsp3) is 0.684. The first-order valence-electron chi connectivity index (χ1n) is 8.33. The van der Waals surface area contributed by atoms with Crippen LogP contribution in [0.4, 0.5) is 0 Å². The predicted molar refractivity (Wildman–Crippen MR) is 94.0 cm³/mol. The van der Waals surface area contributed by atoms with Crippen molar-refractivity contribution < 1.29 is 0 Å². The van der Waals surface area contributed by atoms with Gasteiger partial charge >= 0.3 is 0 Å². The van der Waals surface area contributed by atoms with Crippen molar-refractivity contribution in [2.24, 2.45) is 0 Å². The Morgan fingerprint density at radius 1 is 1.10 bits per heavy atom. The molecule has 0 bridgehead atoms. The Morgan fingerprint density at radius 2 is 1.67 bits per heavy atom. The SMILES string of the molecule is CCCNC(CN(C)C(C)(C)CC)c1cc(C)cc(C)c1. The maximum atomic E-state index is 3.73. The fourth-order valence-electron chi connectivity index (χ4n) is 2.61. The predicted octanol–water partition coefficient (Wildman–Crippen LogP) is 4.46. The van der Waals surface area contributed by atoms with Gasteiger partial charge < -0.3 is 5.32 Å². The molecule has 1 N–H and O–H groups in total. The molecule has 0 radical (unpaired) electrons. The van der Waals surface area contributed by atoms with Gasteiger partial charge in [-0.15, -0.1) is 0 Å². The molecule has 0 amide bonds. The topological polar surface area (TPSA) is 15.3 Å². The molecule has 2 heteroatoms. The minimum atomic E-state index is 0.241. The van der Waals surface area contributed by atoms with E-state index in [-0.39, 0.29) is 5.54 Å². The Bertz CT molecular complexity index is 417. The number of likely N-dealkylation sites (N-methyl/N-ethyl adjacent to an activating group) is 1. The maximum absolute atomic E-state index is 3.73. The third-order valence-electron chi connectivity index (χ3n) is 4.64. The zero-order chi connectivity index (χ0) is 16.0. The molecule has 0 saturated heterocycles. The number of rotatable bonds is 8. The summed E-state index contributed by atoms with van der Waals surface area (Å²) < 4.78 is 0. The number of nitrogens with zero attached hydrogens (tertiary/aromatic N) is 1. The zero-order valence-corrected chi connectivity index (χ0v) is 15.1. The molecule has 0 aromatic heterocycles. The van der Waals surface area contributed by atoms with Gasteiger partial charge in [0, 0.05) is 18.1 Å². The highest BCUT2D eigenvalue weighted by atomic mass is 15.2. The molecule has 0 aliphatic rings. The molecule has 1 aromatic carbocycles. The quantitative estimate of drug-likeness (QED) is 0.760. The number of aryl methyl sites for hydroxylation is 2. The van der Waals surface area contributed by atoms with Crippen LogP contribution in [0.5, 0.6) is 0 Å². The summed E-state index contributed by atoms with van der Waals surface area (Å²) in [6.45, 7) is 15.6. The van der Waals surface area contributed by atoms with Gasteiger partial charge in [-0.2, -0.15) is 0 Å². The van der Waals surface area contributed by atoms with Crippen LogP contribution in [0.2, 0.25) is 0 Å². The van der Waals surface area contributed by atoms with Gasteiger partial charge in [0.1, 0.15) is 0 Å². The van der Waals surface area contributed by atoms with Crippen LogP contribution in [0.25, 0.3) is 0 Å². The van der Waals surface area contributed by atoms with Gasteiger partial charge in [0.05, 0.1) is 0 Å². The molecule has 0 saturated carbocycles. The van der Waals surface area contributed by atoms with E-state index in [0.717, 1.165) is 19.5 Å². The molecule has 0 heterocycles. The van der Waals surface area contributed by atoms with Crippen molar-refractivity contribution in [1.82, 2.24) is 10.2 Å². The molecule has 120 valence electrons. The van der Waals surface area contributed by atoms with E-state index in [1.54, 1.807) is 0 Å². The average Bonchev–Trinajstić information content (AvgIpc) is 2.41. The monoisotopic (exact) mass is 290 g/mol. The Kier molecular flexibility index (Phi) is 6.89. The van der Waals surface area contributed by atoms with E-state index in [1.807, 2.05) is 0 Å². The van der Waals surface area contributed by atoms with Gasteiger partial charge in [-0.1, -0.05) is 43.2 Å². The molecule has 0 fully saturated rings. The number of benzene rings is 1. The second-order valence-electron chi connectivity index (χ2n) is 6.97. The number of hydrogen-bond acceptors (Lipinski definition) is 2. The summed E-state index contributed by atoms with van der Waals surface area (Å²) in [5.41, 5.74) is 4.36. The summed E-state index contributed by atoms with van der Waals surface area (Å²) in [4.78, 5) is 2.48. The second kappa shape index (κ2) is 7.95. The lowest BCUT2D eigenvalue weighted by molar-refractivity contribution is 0.135. The molecule has 0 aliphatic carbocycles. The average molecular weight is 290 g/mol. The first kappa shape index (κ1) is 18.2. The van der Waals surface area contributed by atoms with Crippen LogP contribution < -0.4 is 5.32 Å². The molecular weight excluding hydrogens is 256 g/mol. The Hall–Kier alpha value is -0.860. The van der Waals surface area contributed by atoms with Gasteiger partial charge in [-0.3, -0.25) is 4.90 Å². The fourth-order valence-corrected chi connectivity index (χ4v) is 2.61. The van der Waals surface area contributed by atoms with E-state index >= 15 is 0 Å². The van der Waals surface area contributed by atoms with Crippen molar-refractivity contribution in [3.05, 3.63) is 34.9 Å². The smallest absolute Gasteiger partial charge is 0.0449 e. The molecule has 1 atom stereocenters. The van der Waals surface area contributed by atoms with Crippen LogP contribution in [0.15, 0.2) is 18.2 Å². The number of hydrogen-bond donors (Lipinski definition) is 1. The summed E-state index contributed by atoms with van der Waals surface area (Å²) in [6.07, 6.45) is 2.33. The van der Waals surface area contributed by atoms with E-state index in [0.29, 0.717) is 6.04 Å². The summed E-state index contributed by atoms with van der Waals surface area (Å²) in [5.74, 6) is 0. The molecule has 0 spiro atoms. The largest absolute Gasteiger partial charge is 0.309 e. The molecular formula is C19H34N2. The van der Waals surface area contributed by atoms with Gasteiger partial charge in [0.15, 0.2) is 0 Å². The maximum Gasteiger partial charge on any atom is 0.0449 e. The lowest BCUT2D eigenvalue weighted by Gasteiger charge is -2.37. The van der Waals surface area contributed by atoms with Crippen molar-refractivity contribution in [2.45, 2.75) is 66.0 Å². The molecule has 1 aromatic rings. The van der Waals surface area contributed by atoms with Crippen molar-refractivity contribution in [3.63, 3.8) is 0 Å². The molecule has 1 rings (SSSR count). The van der Waals surface area contributed by atoms with E-state index in [4.69, 9.17) is 0 Å². The Labute approximate surface area is 131 Å². The summed E-state index contributed by atoms with van der Waals surface area (Å²) >= 11 is 0. The number of nitrogens with one attached hydrogen (secondary N) is 1.